The van der Waals surface area contributed by atoms with Gasteiger partial charge < -0.3 is 5.32 Å². The molecule has 1 aromatic rings. The van der Waals surface area contributed by atoms with Gasteiger partial charge in [0.25, 0.3) is 0 Å². The van der Waals surface area contributed by atoms with E-state index >= 15 is 0 Å². The van der Waals surface area contributed by atoms with E-state index in [1.807, 2.05) is 18.7 Å². The van der Waals surface area contributed by atoms with E-state index in [4.69, 9.17) is 0 Å². The highest BCUT2D eigenvalue weighted by Crippen LogP contribution is 2.25. The molecule has 0 aromatic carbocycles. The molecule has 0 aliphatic heterocycles. The molecule has 0 aliphatic rings. The van der Waals surface area contributed by atoms with Crippen molar-refractivity contribution in [2.45, 2.75) is 32.4 Å². The molecule has 0 radical (unpaired) electrons. The molecule has 0 spiro atoms. The summed E-state index contributed by atoms with van der Waals surface area (Å²) in [6.07, 6.45) is 1.89. The van der Waals surface area contributed by atoms with Crippen molar-refractivity contribution >= 4 is 33.6 Å². The molecule has 4 nitrogen and oxygen atoms in total. The minimum atomic E-state index is 0.107. The van der Waals surface area contributed by atoms with Gasteiger partial charge in [0.15, 0.2) is 0 Å². The van der Waals surface area contributed by atoms with Crippen LogP contribution in [0.25, 0.3) is 0 Å². The topological polar surface area (TPSA) is 46.9 Å². The van der Waals surface area contributed by atoms with Crippen LogP contribution in [0.5, 0.6) is 0 Å². The number of carbonyl (C=O) groups excluding carboxylic acids is 1. The molecule has 0 bridgehead atoms. The molecule has 6 heteroatoms. The van der Waals surface area contributed by atoms with Crippen LogP contribution in [0.1, 0.15) is 31.7 Å². The van der Waals surface area contributed by atoms with Crippen molar-refractivity contribution in [3.63, 3.8) is 0 Å². The van der Waals surface area contributed by atoms with Gasteiger partial charge in [0, 0.05) is 19.3 Å². The van der Waals surface area contributed by atoms with Gasteiger partial charge in [-0.25, -0.2) is 0 Å². The Bertz CT molecular complexity index is 406. The summed E-state index contributed by atoms with van der Waals surface area (Å²) < 4.78 is 2.97. The fraction of sp³-hybridized carbons (Fsp3) is 0.667. The maximum Gasteiger partial charge on any atom is 0.230 e. The van der Waals surface area contributed by atoms with Crippen LogP contribution >= 0.6 is 27.7 Å². The minimum Gasteiger partial charge on any atom is -0.355 e. The first-order chi connectivity index (χ1) is 8.60. The molecule has 1 N–H and O–H groups in total. The summed E-state index contributed by atoms with van der Waals surface area (Å²) in [5, 5.41) is 7.30. The molecule has 1 rings (SSSR count). The number of hydrogen-bond acceptors (Lipinski definition) is 3. The van der Waals surface area contributed by atoms with Crippen LogP contribution in [0.3, 0.4) is 0 Å². The van der Waals surface area contributed by atoms with E-state index in [1.54, 1.807) is 11.8 Å². The number of rotatable bonds is 7. The number of nitrogens with one attached hydrogen (secondary N) is 1. The van der Waals surface area contributed by atoms with Crippen molar-refractivity contribution in [1.82, 2.24) is 15.1 Å². The van der Waals surface area contributed by atoms with Gasteiger partial charge in [-0.15, -0.1) is 11.8 Å². The third-order valence-electron chi connectivity index (χ3n) is 2.55. The zero-order valence-corrected chi connectivity index (χ0v) is 13.5. The van der Waals surface area contributed by atoms with Crippen molar-refractivity contribution in [1.29, 1.82) is 0 Å². The van der Waals surface area contributed by atoms with Gasteiger partial charge in [-0.05, 0) is 28.8 Å². The van der Waals surface area contributed by atoms with Gasteiger partial charge in [0.05, 0.1) is 21.6 Å². The van der Waals surface area contributed by atoms with Gasteiger partial charge in [0.2, 0.25) is 5.91 Å². The molecule has 102 valence electrons. The van der Waals surface area contributed by atoms with E-state index in [-0.39, 0.29) is 5.91 Å². The van der Waals surface area contributed by atoms with Crippen LogP contribution in [0.2, 0.25) is 0 Å². The predicted molar refractivity (Wildman–Crippen MR) is 79.7 cm³/mol. The van der Waals surface area contributed by atoms with Gasteiger partial charge in [-0.1, -0.05) is 13.8 Å². The quantitative estimate of drug-likeness (QED) is 0.833. The highest BCUT2D eigenvalue weighted by molar-refractivity contribution is 9.10. The van der Waals surface area contributed by atoms with Crippen LogP contribution < -0.4 is 5.32 Å². The van der Waals surface area contributed by atoms with Crippen molar-refractivity contribution in [2.75, 3.05) is 12.3 Å². The molecule has 0 aliphatic carbocycles. The molecule has 1 aromatic heterocycles. The fourth-order valence-electron chi connectivity index (χ4n) is 1.53. The maximum absolute atomic E-state index is 11.5. The Balaban J connectivity index is 2.44. The Labute approximate surface area is 121 Å². The second-order valence-corrected chi connectivity index (χ2v) is 5.81. The normalized spacial score (nSPS) is 10.7. The molecule has 0 saturated carbocycles. The van der Waals surface area contributed by atoms with Crippen LogP contribution in [-0.2, 0) is 24.0 Å². The molecule has 0 atom stereocenters. The second-order valence-electron chi connectivity index (χ2n) is 4.03. The zero-order valence-electron chi connectivity index (χ0n) is 11.1. The molecule has 0 saturated heterocycles. The summed E-state index contributed by atoms with van der Waals surface area (Å²) >= 11 is 5.19. The summed E-state index contributed by atoms with van der Waals surface area (Å²) in [7, 11) is 1.94. The maximum atomic E-state index is 11.5. The van der Waals surface area contributed by atoms with E-state index in [0.29, 0.717) is 5.75 Å². The summed E-state index contributed by atoms with van der Waals surface area (Å²) in [5.41, 5.74) is 2.21. The molecule has 0 fully saturated rings. The number of thioether (sulfide) groups is 1. The number of carbonyl (C=O) groups is 1. The fourth-order valence-corrected chi connectivity index (χ4v) is 3.39. The monoisotopic (exact) mass is 333 g/mol. The third-order valence-corrected chi connectivity index (χ3v) is 4.41. The Morgan fingerprint density at radius 2 is 2.22 bits per heavy atom. The number of amides is 1. The van der Waals surface area contributed by atoms with Crippen molar-refractivity contribution in [3.8, 4) is 0 Å². The molecule has 0 unspecified atom stereocenters. The van der Waals surface area contributed by atoms with Crippen LogP contribution in [0.15, 0.2) is 4.47 Å². The lowest BCUT2D eigenvalue weighted by Crippen LogP contribution is -2.25. The van der Waals surface area contributed by atoms with Gasteiger partial charge in [0.1, 0.15) is 0 Å². The van der Waals surface area contributed by atoms with Crippen LogP contribution in [0, 0.1) is 0 Å². The predicted octanol–water partition coefficient (Wildman–Crippen LogP) is 2.50. The summed E-state index contributed by atoms with van der Waals surface area (Å²) in [6.45, 7) is 4.89. The first kappa shape index (κ1) is 15.6. The molecule has 1 heterocycles. The SMILES string of the molecule is CCCNC(=O)CSCc1c(Br)c(CC)nn1C. The molecular weight excluding hydrogens is 314 g/mol. The Hall–Kier alpha value is -0.490. The number of halogens is 1. The summed E-state index contributed by atoms with van der Waals surface area (Å²) in [5.74, 6) is 1.40. The van der Waals surface area contributed by atoms with Crippen LogP contribution in [-0.4, -0.2) is 28.0 Å². The highest BCUT2D eigenvalue weighted by atomic mass is 79.9. The van der Waals surface area contributed by atoms with Gasteiger partial charge in [-0.2, -0.15) is 5.10 Å². The first-order valence-corrected chi connectivity index (χ1v) is 8.09. The van der Waals surface area contributed by atoms with E-state index in [9.17, 15) is 4.79 Å². The first-order valence-electron chi connectivity index (χ1n) is 6.14. The highest BCUT2D eigenvalue weighted by Gasteiger charge is 2.12. The Kier molecular flexibility index (Phi) is 6.78. The Morgan fingerprint density at radius 1 is 1.50 bits per heavy atom. The van der Waals surface area contributed by atoms with E-state index in [2.05, 4.69) is 33.3 Å². The molecule has 18 heavy (non-hydrogen) atoms. The lowest BCUT2D eigenvalue weighted by Gasteiger charge is -2.04. The lowest BCUT2D eigenvalue weighted by atomic mass is 10.3. The smallest absolute Gasteiger partial charge is 0.230 e. The van der Waals surface area contributed by atoms with E-state index in [1.165, 1.54) is 0 Å². The summed E-state index contributed by atoms with van der Waals surface area (Å²) in [4.78, 5) is 11.5. The largest absolute Gasteiger partial charge is 0.355 e. The van der Waals surface area contributed by atoms with Crippen LogP contribution in [0.4, 0.5) is 0 Å². The third kappa shape index (κ3) is 4.31. The van der Waals surface area contributed by atoms with Crippen molar-refractivity contribution < 1.29 is 4.79 Å². The summed E-state index contributed by atoms with van der Waals surface area (Å²) in [6, 6.07) is 0. The number of aromatic nitrogens is 2. The standard InChI is InChI=1S/C12H20BrN3OS/c1-4-6-14-11(17)8-18-7-10-12(13)9(5-2)15-16(10)3/h4-8H2,1-3H3,(H,14,17). The van der Waals surface area contributed by atoms with Crippen molar-refractivity contribution in [2.24, 2.45) is 7.05 Å². The lowest BCUT2D eigenvalue weighted by molar-refractivity contribution is -0.118. The Morgan fingerprint density at radius 3 is 2.78 bits per heavy atom. The molecule has 1 amide bonds. The number of nitrogens with zero attached hydrogens (tertiary/aromatic N) is 2. The molecular formula is C12H20BrN3OS. The van der Waals surface area contributed by atoms with Gasteiger partial charge >= 0.3 is 0 Å². The van der Waals surface area contributed by atoms with E-state index in [0.717, 1.165) is 41.0 Å². The second kappa shape index (κ2) is 7.84. The van der Waals surface area contributed by atoms with Crippen molar-refractivity contribution in [3.05, 3.63) is 15.9 Å². The zero-order chi connectivity index (χ0) is 13.5. The minimum absolute atomic E-state index is 0.107. The average molecular weight is 334 g/mol. The number of hydrogen-bond donors (Lipinski definition) is 1. The van der Waals surface area contributed by atoms with Gasteiger partial charge in [-0.3, -0.25) is 9.48 Å². The average Bonchev–Trinajstić information content (AvgIpc) is 2.63. The van der Waals surface area contributed by atoms with E-state index < -0.39 is 0 Å². The number of aryl methyl sites for hydroxylation is 2.